The third-order valence-corrected chi connectivity index (χ3v) is 3.35. The van der Waals surface area contributed by atoms with Gasteiger partial charge in [0.05, 0.1) is 0 Å². The lowest BCUT2D eigenvalue weighted by atomic mass is 9.96. The van der Waals surface area contributed by atoms with E-state index in [1.165, 1.54) is 57.9 Å². The van der Waals surface area contributed by atoms with Crippen molar-refractivity contribution >= 4 is 0 Å². The van der Waals surface area contributed by atoms with Crippen LogP contribution < -0.4 is 5.32 Å². The van der Waals surface area contributed by atoms with Gasteiger partial charge in [0.1, 0.15) is 0 Å². The summed E-state index contributed by atoms with van der Waals surface area (Å²) < 4.78 is 0. The second-order valence-electron chi connectivity index (χ2n) is 5.26. The maximum Gasteiger partial charge on any atom is 0.00669 e. The minimum Gasteiger partial charge on any atom is -0.314 e. The van der Waals surface area contributed by atoms with Crippen molar-refractivity contribution in [3.8, 4) is 0 Å². The Morgan fingerprint density at radius 1 is 0.812 bits per heavy atom. The standard InChI is InChI=1S/C15H33N/c1-5-9-14(4)11-8-12-15(10-6-2)16-13-7-3/h14-16H,5-13H2,1-4H3. The van der Waals surface area contributed by atoms with E-state index in [4.69, 9.17) is 0 Å². The summed E-state index contributed by atoms with van der Waals surface area (Å²) in [6.45, 7) is 10.4. The van der Waals surface area contributed by atoms with Gasteiger partial charge >= 0.3 is 0 Å². The van der Waals surface area contributed by atoms with Crippen molar-refractivity contribution < 1.29 is 0 Å². The minimum atomic E-state index is 0.777. The highest BCUT2D eigenvalue weighted by molar-refractivity contribution is 4.67. The molecule has 2 unspecified atom stereocenters. The van der Waals surface area contributed by atoms with Crippen molar-refractivity contribution in [1.82, 2.24) is 5.32 Å². The molecule has 0 rings (SSSR count). The molecule has 0 aromatic rings. The Balaban J connectivity index is 3.57. The van der Waals surface area contributed by atoms with Gasteiger partial charge < -0.3 is 5.32 Å². The summed E-state index contributed by atoms with van der Waals surface area (Å²) in [4.78, 5) is 0. The van der Waals surface area contributed by atoms with Crippen LogP contribution in [0.15, 0.2) is 0 Å². The average molecular weight is 227 g/mol. The SMILES string of the molecule is CCCNC(CCC)CCCC(C)CCC. The first kappa shape index (κ1) is 16.0. The average Bonchev–Trinajstić information content (AvgIpc) is 2.26. The summed E-state index contributed by atoms with van der Waals surface area (Å²) >= 11 is 0. The van der Waals surface area contributed by atoms with Crippen molar-refractivity contribution in [2.75, 3.05) is 6.54 Å². The first-order chi connectivity index (χ1) is 7.74. The maximum absolute atomic E-state index is 3.68. The zero-order valence-electron chi connectivity index (χ0n) is 12.0. The van der Waals surface area contributed by atoms with Gasteiger partial charge in [0, 0.05) is 6.04 Å². The van der Waals surface area contributed by atoms with Gasteiger partial charge in [-0.25, -0.2) is 0 Å². The quantitative estimate of drug-likeness (QED) is 0.536. The molecule has 0 radical (unpaired) electrons. The van der Waals surface area contributed by atoms with E-state index in [0.29, 0.717) is 0 Å². The predicted molar refractivity (Wildman–Crippen MR) is 74.9 cm³/mol. The molecule has 98 valence electrons. The highest BCUT2D eigenvalue weighted by Gasteiger charge is 2.07. The Kier molecular flexibility index (Phi) is 11.4. The zero-order valence-corrected chi connectivity index (χ0v) is 12.0. The maximum atomic E-state index is 3.68. The van der Waals surface area contributed by atoms with E-state index in [1.54, 1.807) is 0 Å². The van der Waals surface area contributed by atoms with Crippen LogP contribution in [0, 0.1) is 5.92 Å². The lowest BCUT2D eigenvalue weighted by Crippen LogP contribution is -2.29. The topological polar surface area (TPSA) is 12.0 Å². The fourth-order valence-electron chi connectivity index (χ4n) is 2.40. The molecular weight excluding hydrogens is 194 g/mol. The van der Waals surface area contributed by atoms with Crippen LogP contribution in [-0.2, 0) is 0 Å². The van der Waals surface area contributed by atoms with E-state index in [1.807, 2.05) is 0 Å². The van der Waals surface area contributed by atoms with Gasteiger partial charge in [0.15, 0.2) is 0 Å². The smallest absolute Gasteiger partial charge is 0.00669 e. The molecule has 2 atom stereocenters. The molecule has 16 heavy (non-hydrogen) atoms. The highest BCUT2D eigenvalue weighted by Crippen LogP contribution is 2.15. The van der Waals surface area contributed by atoms with Gasteiger partial charge in [-0.1, -0.05) is 59.8 Å². The lowest BCUT2D eigenvalue weighted by Gasteiger charge is -2.18. The molecule has 0 spiro atoms. The van der Waals surface area contributed by atoms with E-state index >= 15 is 0 Å². The van der Waals surface area contributed by atoms with Crippen LogP contribution >= 0.6 is 0 Å². The molecule has 1 N–H and O–H groups in total. The predicted octanol–water partition coefficient (Wildman–Crippen LogP) is 4.76. The van der Waals surface area contributed by atoms with Crippen LogP contribution in [0.1, 0.15) is 79.1 Å². The molecule has 0 saturated heterocycles. The summed E-state index contributed by atoms with van der Waals surface area (Å²) in [5.41, 5.74) is 0. The molecule has 0 aromatic heterocycles. The summed E-state index contributed by atoms with van der Waals surface area (Å²) in [7, 11) is 0. The molecule has 1 nitrogen and oxygen atoms in total. The number of hydrogen-bond acceptors (Lipinski definition) is 1. The van der Waals surface area contributed by atoms with E-state index < -0.39 is 0 Å². The lowest BCUT2D eigenvalue weighted by molar-refractivity contribution is 0.397. The molecular formula is C15H33N. The first-order valence-electron chi connectivity index (χ1n) is 7.47. The molecule has 1 heteroatoms. The van der Waals surface area contributed by atoms with E-state index in [-0.39, 0.29) is 0 Å². The van der Waals surface area contributed by atoms with Gasteiger partial charge in [-0.15, -0.1) is 0 Å². The van der Waals surface area contributed by atoms with Crippen molar-refractivity contribution in [3.05, 3.63) is 0 Å². The Labute approximate surface area is 103 Å². The van der Waals surface area contributed by atoms with Gasteiger partial charge in [-0.05, 0) is 31.7 Å². The molecule has 0 saturated carbocycles. The molecule has 0 amide bonds. The molecule has 0 aliphatic rings. The van der Waals surface area contributed by atoms with E-state index in [2.05, 4.69) is 33.0 Å². The van der Waals surface area contributed by atoms with Gasteiger partial charge in [0.2, 0.25) is 0 Å². The summed E-state index contributed by atoms with van der Waals surface area (Å²) in [6.07, 6.45) is 10.9. The minimum absolute atomic E-state index is 0.777. The van der Waals surface area contributed by atoms with Crippen LogP contribution in [-0.4, -0.2) is 12.6 Å². The van der Waals surface area contributed by atoms with Gasteiger partial charge in [-0.3, -0.25) is 0 Å². The third kappa shape index (κ3) is 9.21. The second-order valence-corrected chi connectivity index (χ2v) is 5.26. The third-order valence-electron chi connectivity index (χ3n) is 3.35. The molecule has 0 heterocycles. The molecule has 0 aromatic carbocycles. The van der Waals surface area contributed by atoms with Crippen LogP contribution in [0.25, 0.3) is 0 Å². The van der Waals surface area contributed by atoms with Crippen molar-refractivity contribution in [2.45, 2.75) is 85.1 Å². The van der Waals surface area contributed by atoms with Gasteiger partial charge in [0.25, 0.3) is 0 Å². The fraction of sp³-hybridized carbons (Fsp3) is 1.00. The van der Waals surface area contributed by atoms with E-state index in [0.717, 1.165) is 12.0 Å². The van der Waals surface area contributed by atoms with Gasteiger partial charge in [-0.2, -0.15) is 0 Å². The Morgan fingerprint density at radius 3 is 2.06 bits per heavy atom. The molecule has 0 bridgehead atoms. The van der Waals surface area contributed by atoms with Crippen LogP contribution in [0.4, 0.5) is 0 Å². The summed E-state index contributed by atoms with van der Waals surface area (Å²) in [5.74, 6) is 0.929. The largest absolute Gasteiger partial charge is 0.314 e. The van der Waals surface area contributed by atoms with Crippen LogP contribution in [0.3, 0.4) is 0 Å². The number of nitrogens with one attached hydrogen (secondary N) is 1. The highest BCUT2D eigenvalue weighted by atomic mass is 14.9. The first-order valence-corrected chi connectivity index (χ1v) is 7.47. The Hall–Kier alpha value is -0.0400. The van der Waals surface area contributed by atoms with Crippen LogP contribution in [0.5, 0.6) is 0 Å². The number of rotatable bonds is 11. The number of hydrogen-bond donors (Lipinski definition) is 1. The summed E-state index contributed by atoms with van der Waals surface area (Å²) in [5, 5.41) is 3.68. The fourth-order valence-corrected chi connectivity index (χ4v) is 2.40. The molecule has 0 aliphatic carbocycles. The molecule has 0 fully saturated rings. The van der Waals surface area contributed by atoms with Crippen molar-refractivity contribution in [2.24, 2.45) is 5.92 Å². The Bertz CT molecular complexity index is 133. The monoisotopic (exact) mass is 227 g/mol. The summed E-state index contributed by atoms with van der Waals surface area (Å²) in [6, 6.07) is 0.777. The van der Waals surface area contributed by atoms with Crippen molar-refractivity contribution in [1.29, 1.82) is 0 Å². The zero-order chi connectivity index (χ0) is 12.2. The molecule has 0 aliphatic heterocycles. The Morgan fingerprint density at radius 2 is 1.50 bits per heavy atom. The normalized spacial score (nSPS) is 15.0. The van der Waals surface area contributed by atoms with Crippen LogP contribution in [0.2, 0.25) is 0 Å². The van der Waals surface area contributed by atoms with E-state index in [9.17, 15) is 0 Å². The second kappa shape index (κ2) is 11.4. The van der Waals surface area contributed by atoms with Crippen molar-refractivity contribution in [3.63, 3.8) is 0 Å².